The quantitative estimate of drug-likeness (QED) is 0.947. The molecule has 5 nitrogen and oxygen atoms in total. The lowest BCUT2D eigenvalue weighted by Gasteiger charge is -2.31. The van der Waals surface area contributed by atoms with Gasteiger partial charge in [-0.3, -0.25) is 4.79 Å². The van der Waals surface area contributed by atoms with Crippen molar-refractivity contribution in [2.45, 2.75) is 19.1 Å². The minimum Gasteiger partial charge on any atom is -0.495 e. The summed E-state index contributed by atoms with van der Waals surface area (Å²) in [5.41, 5.74) is 0.602. The van der Waals surface area contributed by atoms with Crippen molar-refractivity contribution in [3.8, 4) is 17.2 Å². The maximum Gasteiger partial charge on any atom is 0.269 e. The van der Waals surface area contributed by atoms with Gasteiger partial charge in [-0.15, -0.1) is 0 Å². The summed E-state index contributed by atoms with van der Waals surface area (Å²) < 4.78 is 16.7. The second-order valence-electron chi connectivity index (χ2n) is 5.00. The zero-order valence-electron chi connectivity index (χ0n) is 12.4. The lowest BCUT2D eigenvalue weighted by atomic mass is 10.1. The molecule has 0 radical (unpaired) electrons. The number of carbonyl (C=O) groups is 1. The summed E-state index contributed by atoms with van der Waals surface area (Å²) in [5.74, 6) is 1.55. The van der Waals surface area contributed by atoms with E-state index >= 15 is 0 Å². The van der Waals surface area contributed by atoms with Gasteiger partial charge in [-0.1, -0.05) is 24.3 Å². The zero-order valence-corrected chi connectivity index (χ0v) is 12.4. The summed E-state index contributed by atoms with van der Waals surface area (Å²) in [6.07, 6.45) is -1.11. The Morgan fingerprint density at radius 2 is 1.68 bits per heavy atom. The fourth-order valence-electron chi connectivity index (χ4n) is 2.36. The van der Waals surface area contributed by atoms with Crippen molar-refractivity contribution >= 4 is 11.6 Å². The summed E-state index contributed by atoms with van der Waals surface area (Å²) in [5, 5.41) is 2.82. The highest BCUT2D eigenvalue weighted by Gasteiger charge is 2.34. The number of fused-ring (bicyclic) bond motifs is 1. The van der Waals surface area contributed by atoms with Crippen LogP contribution >= 0.6 is 0 Å². The van der Waals surface area contributed by atoms with Crippen molar-refractivity contribution in [1.82, 2.24) is 0 Å². The largest absolute Gasteiger partial charge is 0.495 e. The van der Waals surface area contributed by atoms with Crippen molar-refractivity contribution in [3.63, 3.8) is 0 Å². The molecule has 2 aromatic rings. The van der Waals surface area contributed by atoms with Gasteiger partial charge in [0.05, 0.1) is 12.8 Å². The van der Waals surface area contributed by atoms with Crippen LogP contribution in [0.2, 0.25) is 0 Å². The van der Waals surface area contributed by atoms with E-state index in [1.807, 2.05) is 37.3 Å². The smallest absolute Gasteiger partial charge is 0.269 e. The molecule has 2 atom stereocenters. The van der Waals surface area contributed by atoms with E-state index in [2.05, 4.69) is 5.32 Å². The van der Waals surface area contributed by atoms with E-state index in [-0.39, 0.29) is 12.0 Å². The van der Waals surface area contributed by atoms with E-state index in [0.29, 0.717) is 22.9 Å². The van der Waals surface area contributed by atoms with Crippen LogP contribution in [-0.4, -0.2) is 25.2 Å². The molecule has 0 spiro atoms. The molecule has 0 saturated heterocycles. The summed E-state index contributed by atoms with van der Waals surface area (Å²) in [6.45, 7) is 1.81. The van der Waals surface area contributed by atoms with E-state index in [1.165, 1.54) is 0 Å². The highest BCUT2D eigenvalue weighted by molar-refractivity contribution is 5.96. The Morgan fingerprint density at radius 1 is 1.05 bits per heavy atom. The number of nitrogens with one attached hydrogen (secondary N) is 1. The topological polar surface area (TPSA) is 56.8 Å². The third-order valence-corrected chi connectivity index (χ3v) is 3.47. The second-order valence-corrected chi connectivity index (χ2v) is 5.00. The van der Waals surface area contributed by atoms with Gasteiger partial charge in [0.25, 0.3) is 5.91 Å². The Labute approximate surface area is 128 Å². The number of benzene rings is 2. The van der Waals surface area contributed by atoms with E-state index in [1.54, 1.807) is 25.3 Å². The Kier molecular flexibility index (Phi) is 3.87. The number of rotatable bonds is 3. The van der Waals surface area contributed by atoms with E-state index < -0.39 is 6.10 Å². The molecule has 5 heteroatoms. The Hall–Kier alpha value is -2.69. The molecule has 0 aromatic heterocycles. The first-order chi connectivity index (χ1) is 10.7. The van der Waals surface area contributed by atoms with Crippen LogP contribution in [0.5, 0.6) is 17.2 Å². The van der Waals surface area contributed by atoms with Gasteiger partial charge >= 0.3 is 0 Å². The zero-order chi connectivity index (χ0) is 15.5. The molecule has 22 heavy (non-hydrogen) atoms. The van der Waals surface area contributed by atoms with Crippen molar-refractivity contribution in [2.75, 3.05) is 12.4 Å². The normalized spacial score (nSPS) is 19.4. The van der Waals surface area contributed by atoms with Gasteiger partial charge in [-0.2, -0.15) is 0 Å². The van der Waals surface area contributed by atoms with E-state index in [0.717, 1.165) is 0 Å². The van der Waals surface area contributed by atoms with E-state index in [9.17, 15) is 4.79 Å². The van der Waals surface area contributed by atoms with Crippen LogP contribution in [0.15, 0.2) is 48.5 Å². The molecule has 1 heterocycles. The monoisotopic (exact) mass is 299 g/mol. The Morgan fingerprint density at radius 3 is 2.41 bits per heavy atom. The van der Waals surface area contributed by atoms with Crippen molar-refractivity contribution < 1.29 is 19.0 Å². The predicted octanol–water partition coefficient (Wildman–Crippen LogP) is 2.86. The summed E-state index contributed by atoms with van der Waals surface area (Å²) in [6, 6.07) is 14.5. The highest BCUT2D eigenvalue weighted by atomic mass is 16.6. The van der Waals surface area contributed by atoms with Gasteiger partial charge in [0.15, 0.2) is 11.5 Å². The molecule has 1 amide bonds. The summed E-state index contributed by atoms with van der Waals surface area (Å²) in [7, 11) is 1.56. The van der Waals surface area contributed by atoms with Crippen molar-refractivity contribution in [3.05, 3.63) is 48.5 Å². The molecule has 1 aliphatic heterocycles. The Bertz CT molecular complexity index is 686. The minimum atomic E-state index is -0.722. The third kappa shape index (κ3) is 2.70. The third-order valence-electron chi connectivity index (χ3n) is 3.47. The molecule has 0 unspecified atom stereocenters. The highest BCUT2D eigenvalue weighted by Crippen LogP contribution is 2.34. The van der Waals surface area contributed by atoms with Gasteiger partial charge < -0.3 is 19.5 Å². The number of amides is 1. The van der Waals surface area contributed by atoms with Crippen LogP contribution in [0.4, 0.5) is 5.69 Å². The van der Waals surface area contributed by atoms with Crippen molar-refractivity contribution in [1.29, 1.82) is 0 Å². The fourth-order valence-corrected chi connectivity index (χ4v) is 2.36. The molecule has 1 aliphatic rings. The molecular weight excluding hydrogens is 282 g/mol. The van der Waals surface area contributed by atoms with Crippen LogP contribution in [0.1, 0.15) is 6.92 Å². The number of hydrogen-bond acceptors (Lipinski definition) is 4. The number of anilines is 1. The van der Waals surface area contributed by atoms with Gasteiger partial charge in [-0.25, -0.2) is 0 Å². The van der Waals surface area contributed by atoms with Crippen LogP contribution in [0, 0.1) is 0 Å². The number of methoxy groups -OCH3 is 1. The number of carbonyl (C=O) groups excluding carboxylic acids is 1. The SMILES string of the molecule is COc1ccccc1NC(=O)[C@@H]1Oc2ccccc2O[C@H]1C. The summed E-state index contributed by atoms with van der Waals surface area (Å²) in [4.78, 5) is 12.5. The number of hydrogen-bond donors (Lipinski definition) is 1. The molecule has 3 rings (SSSR count). The van der Waals surface area contributed by atoms with Crippen LogP contribution in [0.3, 0.4) is 0 Å². The van der Waals surface area contributed by atoms with Gasteiger partial charge in [0.2, 0.25) is 6.10 Å². The van der Waals surface area contributed by atoms with Crippen LogP contribution in [-0.2, 0) is 4.79 Å². The van der Waals surface area contributed by atoms with E-state index in [4.69, 9.17) is 14.2 Å². The average molecular weight is 299 g/mol. The second kappa shape index (κ2) is 5.97. The predicted molar refractivity (Wildman–Crippen MR) is 82.6 cm³/mol. The molecule has 114 valence electrons. The van der Waals surface area contributed by atoms with Crippen LogP contribution < -0.4 is 19.5 Å². The minimum absolute atomic E-state index is 0.272. The first-order valence-corrected chi connectivity index (χ1v) is 7.05. The molecule has 0 aliphatic carbocycles. The first kappa shape index (κ1) is 14.3. The van der Waals surface area contributed by atoms with Crippen LogP contribution in [0.25, 0.3) is 0 Å². The van der Waals surface area contributed by atoms with Gasteiger partial charge in [0.1, 0.15) is 11.9 Å². The standard InChI is InChI=1S/C17H17NO4/c1-11-16(22-15-10-6-5-9-14(15)21-11)17(19)18-12-7-3-4-8-13(12)20-2/h3-11,16H,1-2H3,(H,18,19)/t11-,16+/m0/s1. The van der Waals surface area contributed by atoms with Gasteiger partial charge in [-0.05, 0) is 31.2 Å². The lowest BCUT2D eigenvalue weighted by molar-refractivity contribution is -0.128. The molecule has 0 bridgehead atoms. The average Bonchev–Trinajstić information content (AvgIpc) is 2.54. The molecule has 0 fully saturated rings. The van der Waals surface area contributed by atoms with Crippen molar-refractivity contribution in [2.24, 2.45) is 0 Å². The molecule has 0 saturated carbocycles. The maximum atomic E-state index is 12.5. The lowest BCUT2D eigenvalue weighted by Crippen LogP contribution is -2.46. The number of ether oxygens (including phenoxy) is 3. The Balaban J connectivity index is 1.78. The molecular formula is C17H17NO4. The maximum absolute atomic E-state index is 12.5. The molecule has 1 N–H and O–H groups in total. The first-order valence-electron chi connectivity index (χ1n) is 7.05. The fraction of sp³-hybridized carbons (Fsp3) is 0.235. The summed E-state index contributed by atoms with van der Waals surface area (Å²) >= 11 is 0. The van der Waals surface area contributed by atoms with Gasteiger partial charge in [0, 0.05) is 0 Å². The molecule has 2 aromatic carbocycles. The number of para-hydroxylation sites is 4.